The van der Waals surface area contributed by atoms with Gasteiger partial charge in [-0.05, 0) is 30.0 Å². The third-order valence-electron chi connectivity index (χ3n) is 2.86. The fourth-order valence-corrected chi connectivity index (χ4v) is 3.87. The third-order valence-corrected chi connectivity index (χ3v) is 5.20. The number of hydrogen-bond acceptors (Lipinski definition) is 4. The number of thioether (sulfide) groups is 1. The maximum absolute atomic E-state index is 11.7. The number of carbonyl (C=O) groups is 2. The summed E-state index contributed by atoms with van der Waals surface area (Å²) in [5, 5.41) is 16.6. The third kappa shape index (κ3) is 4.14. The van der Waals surface area contributed by atoms with Crippen LogP contribution in [0.1, 0.15) is 23.8 Å². The lowest BCUT2D eigenvalue weighted by atomic mass is 10.2. The summed E-state index contributed by atoms with van der Waals surface area (Å²) in [5.74, 6) is 0.0915. The van der Waals surface area contributed by atoms with E-state index in [1.807, 2.05) is 11.8 Å². The van der Waals surface area contributed by atoms with Gasteiger partial charge in [-0.15, -0.1) is 11.3 Å². The molecule has 1 aromatic heterocycles. The van der Waals surface area contributed by atoms with Gasteiger partial charge >= 0.3 is 12.0 Å². The first-order valence-electron chi connectivity index (χ1n) is 6.09. The molecule has 104 valence electrons. The van der Waals surface area contributed by atoms with Crippen LogP contribution >= 0.6 is 23.1 Å². The molecule has 1 aliphatic rings. The molecule has 1 saturated heterocycles. The van der Waals surface area contributed by atoms with Crippen LogP contribution in [0.15, 0.2) is 17.5 Å². The minimum atomic E-state index is -1.05. The van der Waals surface area contributed by atoms with E-state index >= 15 is 0 Å². The highest BCUT2D eigenvalue weighted by Gasteiger charge is 2.23. The van der Waals surface area contributed by atoms with Crippen molar-refractivity contribution in [1.82, 2.24) is 10.6 Å². The van der Waals surface area contributed by atoms with Crippen LogP contribution in [0.3, 0.4) is 0 Å². The van der Waals surface area contributed by atoms with E-state index in [0.717, 1.165) is 12.2 Å². The molecule has 7 heteroatoms. The summed E-state index contributed by atoms with van der Waals surface area (Å²) in [4.78, 5) is 23.5. The maximum Gasteiger partial charge on any atom is 0.331 e. The van der Waals surface area contributed by atoms with Crippen LogP contribution < -0.4 is 10.6 Å². The molecule has 3 N–H and O–H groups in total. The SMILES string of the molecule is O=C(NCC1CCCS1)NC(C(=O)O)c1cccs1. The summed E-state index contributed by atoms with van der Waals surface area (Å²) in [7, 11) is 0. The highest BCUT2D eigenvalue weighted by molar-refractivity contribution is 8.00. The molecule has 1 fully saturated rings. The molecule has 0 spiro atoms. The van der Waals surface area contributed by atoms with Gasteiger partial charge in [0.25, 0.3) is 0 Å². The Morgan fingerprint density at radius 1 is 1.53 bits per heavy atom. The molecule has 0 saturated carbocycles. The van der Waals surface area contributed by atoms with Crippen molar-refractivity contribution in [3.8, 4) is 0 Å². The molecule has 2 unspecified atom stereocenters. The number of carbonyl (C=O) groups excluding carboxylic acids is 1. The topological polar surface area (TPSA) is 78.4 Å². The van der Waals surface area contributed by atoms with E-state index in [9.17, 15) is 9.59 Å². The van der Waals surface area contributed by atoms with Crippen LogP contribution in [0.25, 0.3) is 0 Å². The smallest absolute Gasteiger partial charge is 0.331 e. The van der Waals surface area contributed by atoms with Crippen molar-refractivity contribution >= 4 is 35.1 Å². The van der Waals surface area contributed by atoms with Gasteiger partial charge in [0, 0.05) is 16.7 Å². The number of hydrogen-bond donors (Lipinski definition) is 3. The molecule has 19 heavy (non-hydrogen) atoms. The fraction of sp³-hybridized carbons (Fsp3) is 0.500. The molecule has 2 atom stereocenters. The molecule has 2 heterocycles. The van der Waals surface area contributed by atoms with Gasteiger partial charge in [0.05, 0.1) is 0 Å². The van der Waals surface area contributed by atoms with Crippen LogP contribution in [-0.4, -0.2) is 34.7 Å². The molecule has 5 nitrogen and oxygen atoms in total. The van der Waals surface area contributed by atoms with Crippen LogP contribution in [-0.2, 0) is 4.79 Å². The highest BCUT2D eigenvalue weighted by atomic mass is 32.2. The van der Waals surface area contributed by atoms with Gasteiger partial charge < -0.3 is 15.7 Å². The van der Waals surface area contributed by atoms with Gasteiger partial charge in [0.2, 0.25) is 0 Å². The highest BCUT2D eigenvalue weighted by Crippen LogP contribution is 2.25. The van der Waals surface area contributed by atoms with E-state index in [4.69, 9.17) is 5.11 Å². The Morgan fingerprint density at radius 2 is 2.37 bits per heavy atom. The Hall–Kier alpha value is -1.21. The van der Waals surface area contributed by atoms with E-state index in [2.05, 4.69) is 10.6 Å². The van der Waals surface area contributed by atoms with Gasteiger partial charge in [-0.2, -0.15) is 11.8 Å². The predicted octanol–water partition coefficient (Wildman–Crippen LogP) is 2.07. The number of aliphatic carboxylic acids is 1. The van der Waals surface area contributed by atoms with E-state index in [1.165, 1.54) is 17.8 Å². The Morgan fingerprint density at radius 3 is 2.95 bits per heavy atom. The van der Waals surface area contributed by atoms with Gasteiger partial charge in [-0.3, -0.25) is 0 Å². The number of amides is 2. The average Bonchev–Trinajstić information content (AvgIpc) is 3.05. The quantitative estimate of drug-likeness (QED) is 0.778. The largest absolute Gasteiger partial charge is 0.479 e. The monoisotopic (exact) mass is 300 g/mol. The van der Waals surface area contributed by atoms with Gasteiger partial charge in [0.15, 0.2) is 6.04 Å². The first-order valence-corrected chi connectivity index (χ1v) is 8.02. The molecule has 0 aromatic carbocycles. The number of nitrogens with one attached hydrogen (secondary N) is 2. The first kappa shape index (κ1) is 14.2. The molecule has 1 aliphatic heterocycles. The van der Waals surface area contributed by atoms with E-state index < -0.39 is 18.0 Å². The number of thiophene rings is 1. The Balaban J connectivity index is 1.83. The summed E-state index contributed by atoms with van der Waals surface area (Å²) in [6, 6.07) is 2.07. The summed E-state index contributed by atoms with van der Waals surface area (Å²) >= 11 is 3.17. The Kier molecular flexibility index (Phi) is 5.09. The second-order valence-electron chi connectivity index (χ2n) is 4.28. The zero-order valence-corrected chi connectivity index (χ0v) is 11.9. The normalized spacial score (nSPS) is 19.9. The van der Waals surface area contributed by atoms with Crippen LogP contribution in [0.4, 0.5) is 4.79 Å². The van der Waals surface area contributed by atoms with Crippen molar-refractivity contribution in [3.05, 3.63) is 22.4 Å². The Bertz CT molecular complexity index is 430. The van der Waals surface area contributed by atoms with Crippen LogP contribution in [0.5, 0.6) is 0 Å². The van der Waals surface area contributed by atoms with Crippen LogP contribution in [0, 0.1) is 0 Å². The fourth-order valence-electron chi connectivity index (χ4n) is 1.90. The average molecular weight is 300 g/mol. The van der Waals surface area contributed by atoms with Crippen LogP contribution in [0.2, 0.25) is 0 Å². The summed E-state index contributed by atoms with van der Waals surface area (Å²) < 4.78 is 0. The van der Waals surface area contributed by atoms with Crippen molar-refractivity contribution in [2.45, 2.75) is 24.1 Å². The van der Waals surface area contributed by atoms with Crippen molar-refractivity contribution in [3.63, 3.8) is 0 Å². The summed E-state index contributed by atoms with van der Waals surface area (Å²) in [6.07, 6.45) is 2.30. The lowest BCUT2D eigenvalue weighted by Gasteiger charge is -2.15. The number of rotatable bonds is 5. The van der Waals surface area contributed by atoms with E-state index in [0.29, 0.717) is 16.7 Å². The van der Waals surface area contributed by atoms with E-state index in [-0.39, 0.29) is 0 Å². The zero-order valence-electron chi connectivity index (χ0n) is 10.3. The van der Waals surface area contributed by atoms with Crippen molar-refractivity contribution in [2.75, 3.05) is 12.3 Å². The minimum absolute atomic E-state index is 0.423. The number of carboxylic acids is 1. The lowest BCUT2D eigenvalue weighted by Crippen LogP contribution is -2.42. The standard InChI is InChI=1S/C12H16N2O3S2/c15-11(16)10(9-4-2-6-19-9)14-12(17)13-7-8-3-1-5-18-8/h2,4,6,8,10H,1,3,5,7H2,(H,15,16)(H2,13,14,17). The lowest BCUT2D eigenvalue weighted by molar-refractivity contribution is -0.139. The number of carboxylic acid groups (broad SMARTS) is 1. The van der Waals surface area contributed by atoms with Gasteiger partial charge in [-0.25, -0.2) is 9.59 Å². The second-order valence-corrected chi connectivity index (χ2v) is 6.66. The molecule has 0 radical (unpaired) electrons. The molecule has 2 amide bonds. The second kappa shape index (κ2) is 6.81. The molecular formula is C12H16N2O3S2. The predicted molar refractivity (Wildman–Crippen MR) is 76.7 cm³/mol. The van der Waals surface area contributed by atoms with Gasteiger partial charge in [-0.1, -0.05) is 6.07 Å². The minimum Gasteiger partial charge on any atom is -0.479 e. The van der Waals surface area contributed by atoms with E-state index in [1.54, 1.807) is 17.5 Å². The first-order chi connectivity index (χ1) is 9.16. The van der Waals surface area contributed by atoms with Crippen molar-refractivity contribution < 1.29 is 14.7 Å². The Labute approximate surface area is 119 Å². The van der Waals surface area contributed by atoms with Crippen molar-refractivity contribution in [1.29, 1.82) is 0 Å². The molecule has 2 rings (SSSR count). The summed E-state index contributed by atoms with van der Waals surface area (Å²) in [5.41, 5.74) is 0. The summed E-state index contributed by atoms with van der Waals surface area (Å²) in [6.45, 7) is 0.591. The molecule has 1 aromatic rings. The molecule has 0 bridgehead atoms. The molecular weight excluding hydrogens is 284 g/mol. The number of urea groups is 1. The maximum atomic E-state index is 11.7. The van der Waals surface area contributed by atoms with Gasteiger partial charge in [0.1, 0.15) is 0 Å². The molecule has 0 aliphatic carbocycles. The zero-order chi connectivity index (χ0) is 13.7. The van der Waals surface area contributed by atoms with Crippen molar-refractivity contribution in [2.24, 2.45) is 0 Å².